The number of methoxy groups -OCH3 is 1. The van der Waals surface area contributed by atoms with Gasteiger partial charge in [0.25, 0.3) is 11.4 Å². The highest BCUT2D eigenvalue weighted by atomic mass is 32.2. The van der Waals surface area contributed by atoms with Crippen LogP contribution in [0.4, 0.5) is 11.4 Å². The molecule has 1 aromatic heterocycles. The van der Waals surface area contributed by atoms with E-state index in [1.807, 2.05) is 28.8 Å². The number of nitro groups is 2. The Hall–Kier alpha value is -3.51. The van der Waals surface area contributed by atoms with Crippen molar-refractivity contribution in [2.45, 2.75) is 35.5 Å². The zero-order valence-electron chi connectivity index (χ0n) is 17.0. The van der Waals surface area contributed by atoms with E-state index in [1.54, 1.807) is 7.11 Å². The Morgan fingerprint density at radius 2 is 1.94 bits per heavy atom. The van der Waals surface area contributed by atoms with Gasteiger partial charge < -0.3 is 9.47 Å². The first-order valence-electron chi connectivity index (χ1n) is 9.76. The van der Waals surface area contributed by atoms with Crippen LogP contribution < -0.4 is 4.74 Å². The zero-order valence-corrected chi connectivity index (χ0v) is 17.9. The van der Waals surface area contributed by atoms with Gasteiger partial charge in [-0.2, -0.15) is 0 Å². The van der Waals surface area contributed by atoms with Crippen LogP contribution in [0.1, 0.15) is 12.8 Å². The standard InChI is InChI=1S/C20H19N5O6S/c1-30-15-7-4-13(5-8-15)19-21-22-20(23(19)12-16-3-2-10-31-16)32-18-9-6-14(24(26)27)11-17(18)25(28)29/h4-9,11,16H,2-3,10,12H2,1H3. The van der Waals surface area contributed by atoms with Gasteiger partial charge in [0.15, 0.2) is 11.0 Å². The molecule has 2 aromatic carbocycles. The summed E-state index contributed by atoms with van der Waals surface area (Å²) in [5.74, 6) is 1.30. The minimum Gasteiger partial charge on any atom is -0.497 e. The van der Waals surface area contributed by atoms with E-state index in [2.05, 4.69) is 10.2 Å². The van der Waals surface area contributed by atoms with Crippen LogP contribution in [0.3, 0.4) is 0 Å². The summed E-state index contributed by atoms with van der Waals surface area (Å²) in [6.45, 7) is 1.17. The summed E-state index contributed by atoms with van der Waals surface area (Å²) in [4.78, 5) is 21.5. The third-order valence-electron chi connectivity index (χ3n) is 5.03. The predicted octanol–water partition coefficient (Wildman–Crippen LogP) is 4.10. The average molecular weight is 457 g/mol. The number of rotatable bonds is 8. The van der Waals surface area contributed by atoms with Crippen molar-refractivity contribution in [1.29, 1.82) is 0 Å². The largest absolute Gasteiger partial charge is 0.497 e. The van der Waals surface area contributed by atoms with Crippen molar-refractivity contribution in [3.63, 3.8) is 0 Å². The molecule has 2 heterocycles. The van der Waals surface area contributed by atoms with Gasteiger partial charge in [0, 0.05) is 18.2 Å². The zero-order chi connectivity index (χ0) is 22.7. The number of nitro benzene ring substituents is 2. The highest BCUT2D eigenvalue weighted by molar-refractivity contribution is 7.99. The van der Waals surface area contributed by atoms with Crippen molar-refractivity contribution >= 4 is 23.1 Å². The predicted molar refractivity (Wildman–Crippen MR) is 115 cm³/mol. The molecule has 1 aliphatic heterocycles. The second kappa shape index (κ2) is 9.32. The number of non-ortho nitro benzene ring substituents is 1. The molecule has 0 bridgehead atoms. The Balaban J connectivity index is 1.72. The van der Waals surface area contributed by atoms with Crippen LogP contribution in [-0.4, -0.2) is 44.4 Å². The Kier molecular flexibility index (Phi) is 6.32. The van der Waals surface area contributed by atoms with Gasteiger partial charge in [-0.25, -0.2) is 0 Å². The molecule has 1 saturated heterocycles. The van der Waals surface area contributed by atoms with Crippen LogP contribution in [-0.2, 0) is 11.3 Å². The molecule has 1 aliphatic rings. The summed E-state index contributed by atoms with van der Waals surface area (Å²) in [7, 11) is 1.58. The molecule has 11 nitrogen and oxygen atoms in total. The lowest BCUT2D eigenvalue weighted by Crippen LogP contribution is -2.16. The summed E-state index contributed by atoms with van der Waals surface area (Å²) in [6, 6.07) is 10.9. The second-order valence-corrected chi connectivity index (χ2v) is 8.06. The number of hydrogen-bond acceptors (Lipinski definition) is 9. The second-order valence-electron chi connectivity index (χ2n) is 7.05. The maximum absolute atomic E-state index is 11.5. The first-order valence-corrected chi connectivity index (χ1v) is 10.6. The Labute approximate surface area is 186 Å². The molecular weight excluding hydrogens is 438 g/mol. The summed E-state index contributed by atoms with van der Waals surface area (Å²) in [6.07, 6.45) is 1.83. The SMILES string of the molecule is COc1ccc(-c2nnc(Sc3ccc([N+](=O)[O-])cc3[N+](=O)[O-])n2CC2CCCO2)cc1. The molecule has 12 heteroatoms. The molecular formula is C20H19N5O6S. The van der Waals surface area contributed by atoms with Crippen LogP contribution in [0, 0.1) is 20.2 Å². The van der Waals surface area contributed by atoms with Gasteiger partial charge in [-0.3, -0.25) is 24.8 Å². The monoisotopic (exact) mass is 457 g/mol. The molecule has 1 unspecified atom stereocenters. The molecule has 1 atom stereocenters. The summed E-state index contributed by atoms with van der Waals surface area (Å²) >= 11 is 1.04. The molecule has 166 valence electrons. The van der Waals surface area contributed by atoms with Gasteiger partial charge in [-0.1, -0.05) is 0 Å². The lowest BCUT2D eigenvalue weighted by molar-refractivity contribution is -0.396. The molecule has 32 heavy (non-hydrogen) atoms. The fourth-order valence-corrected chi connectivity index (χ4v) is 4.34. The van der Waals surface area contributed by atoms with E-state index < -0.39 is 9.85 Å². The van der Waals surface area contributed by atoms with Crippen molar-refractivity contribution in [3.8, 4) is 17.1 Å². The van der Waals surface area contributed by atoms with E-state index in [-0.39, 0.29) is 22.4 Å². The lowest BCUT2D eigenvalue weighted by atomic mass is 10.2. The quantitative estimate of drug-likeness (QED) is 0.362. The number of nitrogens with zero attached hydrogens (tertiary/aromatic N) is 5. The lowest BCUT2D eigenvalue weighted by Gasteiger charge is -2.15. The molecule has 0 aliphatic carbocycles. The maximum atomic E-state index is 11.5. The fourth-order valence-electron chi connectivity index (χ4n) is 3.42. The molecule has 3 aromatic rings. The Morgan fingerprint density at radius 1 is 1.16 bits per heavy atom. The first-order chi connectivity index (χ1) is 15.5. The maximum Gasteiger partial charge on any atom is 0.290 e. The van der Waals surface area contributed by atoms with E-state index in [1.165, 1.54) is 12.1 Å². The number of benzene rings is 2. The summed E-state index contributed by atoms with van der Waals surface area (Å²) in [5, 5.41) is 31.6. The summed E-state index contributed by atoms with van der Waals surface area (Å²) in [5.41, 5.74) is 0.101. The van der Waals surface area contributed by atoms with E-state index >= 15 is 0 Å². The van der Waals surface area contributed by atoms with Crippen molar-refractivity contribution in [3.05, 3.63) is 62.7 Å². The van der Waals surface area contributed by atoms with Gasteiger partial charge in [0.05, 0.1) is 40.6 Å². The molecule has 0 radical (unpaired) electrons. The van der Waals surface area contributed by atoms with Gasteiger partial charge in [-0.05, 0) is 54.9 Å². The molecule has 4 rings (SSSR count). The van der Waals surface area contributed by atoms with Crippen LogP contribution in [0.15, 0.2) is 52.5 Å². The average Bonchev–Trinajstić information content (AvgIpc) is 3.44. The Morgan fingerprint density at radius 3 is 2.56 bits per heavy atom. The third-order valence-corrected chi connectivity index (χ3v) is 6.08. The normalized spacial score (nSPS) is 15.6. The number of ether oxygens (including phenoxy) is 2. The van der Waals surface area contributed by atoms with E-state index in [0.29, 0.717) is 29.9 Å². The van der Waals surface area contributed by atoms with Crippen LogP contribution in [0.5, 0.6) is 5.75 Å². The highest BCUT2D eigenvalue weighted by Crippen LogP contribution is 2.38. The minimum absolute atomic E-state index is 0.0193. The summed E-state index contributed by atoms with van der Waals surface area (Å²) < 4.78 is 12.9. The smallest absolute Gasteiger partial charge is 0.290 e. The molecule has 1 fully saturated rings. The first kappa shape index (κ1) is 21.7. The van der Waals surface area contributed by atoms with Gasteiger partial charge in [0.2, 0.25) is 0 Å². The van der Waals surface area contributed by atoms with Crippen molar-refractivity contribution < 1.29 is 19.3 Å². The topological polar surface area (TPSA) is 135 Å². The van der Waals surface area contributed by atoms with Crippen molar-refractivity contribution in [2.24, 2.45) is 0 Å². The highest BCUT2D eigenvalue weighted by Gasteiger charge is 2.25. The number of hydrogen-bond donors (Lipinski definition) is 0. The van der Waals surface area contributed by atoms with Gasteiger partial charge >= 0.3 is 0 Å². The van der Waals surface area contributed by atoms with Crippen LogP contribution in [0.2, 0.25) is 0 Å². The molecule has 0 N–H and O–H groups in total. The van der Waals surface area contributed by atoms with E-state index in [4.69, 9.17) is 9.47 Å². The third kappa shape index (κ3) is 4.55. The van der Waals surface area contributed by atoms with Crippen LogP contribution in [0.25, 0.3) is 11.4 Å². The fraction of sp³-hybridized carbons (Fsp3) is 0.300. The van der Waals surface area contributed by atoms with E-state index in [0.717, 1.165) is 36.2 Å². The van der Waals surface area contributed by atoms with Crippen molar-refractivity contribution in [1.82, 2.24) is 14.8 Å². The van der Waals surface area contributed by atoms with E-state index in [9.17, 15) is 20.2 Å². The molecule has 0 amide bonds. The van der Waals surface area contributed by atoms with Crippen LogP contribution >= 0.6 is 11.8 Å². The Bertz CT molecular complexity index is 1140. The number of aromatic nitrogens is 3. The van der Waals surface area contributed by atoms with Crippen molar-refractivity contribution in [2.75, 3.05) is 13.7 Å². The van der Waals surface area contributed by atoms with Gasteiger partial charge in [-0.15, -0.1) is 10.2 Å². The minimum atomic E-state index is -0.664. The molecule has 0 spiro atoms. The van der Waals surface area contributed by atoms with Gasteiger partial charge in [0.1, 0.15) is 5.75 Å². The molecule has 0 saturated carbocycles.